The number of benzene rings is 2. The van der Waals surface area contributed by atoms with Gasteiger partial charge < -0.3 is 5.11 Å². The lowest BCUT2D eigenvalue weighted by Gasteiger charge is -2.07. The third kappa shape index (κ3) is 1.73. The molecule has 0 fully saturated rings. The highest BCUT2D eigenvalue weighted by Crippen LogP contribution is 2.34. The summed E-state index contributed by atoms with van der Waals surface area (Å²) in [7, 11) is -4.49. The van der Waals surface area contributed by atoms with E-state index in [2.05, 4.69) is 0 Å². The van der Waals surface area contributed by atoms with Crippen LogP contribution in [-0.2, 0) is 10.1 Å². The fourth-order valence-electron chi connectivity index (χ4n) is 1.55. The molecule has 0 aliphatic heterocycles. The van der Waals surface area contributed by atoms with Crippen molar-refractivity contribution < 1.29 is 18.1 Å². The van der Waals surface area contributed by atoms with Crippen LogP contribution in [-0.4, -0.2) is 18.1 Å². The van der Waals surface area contributed by atoms with Crippen LogP contribution in [0.2, 0.25) is 5.02 Å². The van der Waals surface area contributed by atoms with Crippen LogP contribution >= 0.6 is 11.6 Å². The molecule has 4 nitrogen and oxygen atoms in total. The van der Waals surface area contributed by atoms with Crippen LogP contribution in [0.1, 0.15) is 0 Å². The highest BCUT2D eigenvalue weighted by molar-refractivity contribution is 7.86. The molecule has 0 aliphatic carbocycles. The van der Waals surface area contributed by atoms with E-state index in [1.165, 1.54) is 18.2 Å². The number of aromatic hydroxyl groups is 1. The third-order valence-corrected chi connectivity index (χ3v) is 3.47. The van der Waals surface area contributed by atoms with Gasteiger partial charge in [0.25, 0.3) is 10.1 Å². The van der Waals surface area contributed by atoms with E-state index in [0.717, 1.165) is 0 Å². The number of fused-ring (bicyclic) bond motifs is 1. The van der Waals surface area contributed by atoms with E-state index in [1.54, 1.807) is 12.1 Å². The normalized spacial score (nSPS) is 11.9. The standard InChI is InChI=1S/C10H7ClO4S/c11-8-3-1-2-7-6(8)4-5-9(12)10(7)16(13,14)15/h1-5,12H,(H,13,14,15). The molecule has 0 aromatic heterocycles. The van der Waals surface area contributed by atoms with Gasteiger partial charge in [0.1, 0.15) is 10.6 Å². The first-order chi connectivity index (χ1) is 7.41. The largest absolute Gasteiger partial charge is 0.506 e. The molecule has 2 aromatic rings. The Hall–Kier alpha value is -1.30. The molecule has 0 saturated carbocycles. The minimum absolute atomic E-state index is 0.190. The minimum atomic E-state index is -4.49. The lowest BCUT2D eigenvalue weighted by Crippen LogP contribution is -1.99. The van der Waals surface area contributed by atoms with Gasteiger partial charge in [-0.3, -0.25) is 4.55 Å². The van der Waals surface area contributed by atoms with Crippen LogP contribution in [0, 0.1) is 0 Å². The predicted octanol–water partition coefficient (Wildman–Crippen LogP) is 2.45. The van der Waals surface area contributed by atoms with Gasteiger partial charge in [-0.1, -0.05) is 23.7 Å². The summed E-state index contributed by atoms with van der Waals surface area (Å²) in [5, 5.41) is 10.4. The van der Waals surface area contributed by atoms with E-state index in [9.17, 15) is 13.5 Å². The first kappa shape index (κ1) is 11.2. The Morgan fingerprint density at radius 3 is 2.38 bits per heavy atom. The van der Waals surface area contributed by atoms with Crippen LogP contribution in [0.5, 0.6) is 5.75 Å². The Morgan fingerprint density at radius 2 is 1.75 bits per heavy atom. The summed E-state index contributed by atoms with van der Waals surface area (Å²) in [6.07, 6.45) is 0. The molecule has 0 radical (unpaired) electrons. The molecule has 0 aliphatic rings. The van der Waals surface area contributed by atoms with Gasteiger partial charge in [-0.25, -0.2) is 0 Å². The molecule has 16 heavy (non-hydrogen) atoms. The van der Waals surface area contributed by atoms with E-state index in [1.807, 2.05) is 0 Å². The number of phenols is 1. The lowest BCUT2D eigenvalue weighted by molar-refractivity contribution is 0.445. The summed E-state index contributed by atoms with van der Waals surface area (Å²) < 4.78 is 31.3. The maximum atomic E-state index is 11.1. The van der Waals surface area contributed by atoms with Crippen molar-refractivity contribution >= 4 is 32.5 Å². The van der Waals surface area contributed by atoms with Gasteiger partial charge in [-0.15, -0.1) is 0 Å². The second kappa shape index (κ2) is 3.62. The summed E-state index contributed by atoms with van der Waals surface area (Å²) in [5.74, 6) is -0.503. The SMILES string of the molecule is O=S(=O)(O)c1c(O)ccc2c(Cl)cccc12. The van der Waals surface area contributed by atoms with Crippen LogP contribution in [0.15, 0.2) is 35.2 Å². The molecule has 2 aromatic carbocycles. The van der Waals surface area contributed by atoms with Gasteiger partial charge in [0.15, 0.2) is 0 Å². The zero-order valence-electron chi connectivity index (χ0n) is 7.88. The fraction of sp³-hybridized carbons (Fsp3) is 0. The molecule has 0 atom stereocenters. The molecule has 2 N–H and O–H groups in total. The molecule has 0 bridgehead atoms. The van der Waals surface area contributed by atoms with Crippen LogP contribution in [0.4, 0.5) is 0 Å². The van der Waals surface area contributed by atoms with Crippen molar-refractivity contribution in [3.05, 3.63) is 35.4 Å². The van der Waals surface area contributed by atoms with E-state index >= 15 is 0 Å². The molecule has 0 spiro atoms. The molecule has 2 rings (SSSR count). The van der Waals surface area contributed by atoms with Gasteiger partial charge in [0, 0.05) is 15.8 Å². The Labute approximate surface area is 96.8 Å². The van der Waals surface area contributed by atoms with Crippen LogP contribution in [0.3, 0.4) is 0 Å². The smallest absolute Gasteiger partial charge is 0.298 e. The zero-order chi connectivity index (χ0) is 11.9. The highest BCUT2D eigenvalue weighted by atomic mass is 35.5. The molecule has 0 saturated heterocycles. The first-order valence-electron chi connectivity index (χ1n) is 4.29. The number of halogens is 1. The second-order valence-electron chi connectivity index (χ2n) is 3.22. The molecule has 0 unspecified atom stereocenters. The van der Waals surface area contributed by atoms with E-state index in [-0.39, 0.29) is 5.39 Å². The third-order valence-electron chi connectivity index (χ3n) is 2.20. The molecule has 0 amide bonds. The van der Waals surface area contributed by atoms with Gasteiger partial charge in [-0.05, 0) is 18.2 Å². The molecule has 84 valence electrons. The molecule has 6 heteroatoms. The average molecular weight is 259 g/mol. The van der Waals surface area contributed by atoms with Crippen molar-refractivity contribution in [1.29, 1.82) is 0 Å². The van der Waals surface area contributed by atoms with Crippen molar-refractivity contribution in [1.82, 2.24) is 0 Å². The summed E-state index contributed by atoms with van der Waals surface area (Å²) in [6.45, 7) is 0. The Balaban J connectivity index is 3.03. The lowest BCUT2D eigenvalue weighted by atomic mass is 10.1. The summed E-state index contributed by atoms with van der Waals surface area (Å²) in [4.78, 5) is -0.521. The van der Waals surface area contributed by atoms with Crippen LogP contribution in [0.25, 0.3) is 10.8 Å². The predicted molar refractivity (Wildman–Crippen MR) is 60.4 cm³/mol. The quantitative estimate of drug-likeness (QED) is 0.771. The second-order valence-corrected chi connectivity index (χ2v) is 4.99. The van der Waals surface area contributed by atoms with E-state index in [4.69, 9.17) is 16.2 Å². The van der Waals surface area contributed by atoms with Gasteiger partial charge >= 0.3 is 0 Å². The molecular formula is C10H7ClO4S. The van der Waals surface area contributed by atoms with Crippen molar-refractivity contribution in [2.24, 2.45) is 0 Å². The topological polar surface area (TPSA) is 74.6 Å². The Morgan fingerprint density at radius 1 is 1.06 bits per heavy atom. The maximum absolute atomic E-state index is 11.1. The monoisotopic (exact) mass is 258 g/mol. The van der Waals surface area contributed by atoms with E-state index < -0.39 is 20.8 Å². The number of phenolic OH excluding ortho intramolecular Hbond substituents is 1. The summed E-state index contributed by atoms with van der Waals surface area (Å²) in [5.41, 5.74) is 0. The molecule has 0 heterocycles. The fourth-order valence-corrected chi connectivity index (χ4v) is 2.58. The summed E-state index contributed by atoms with van der Waals surface area (Å²) >= 11 is 5.87. The zero-order valence-corrected chi connectivity index (χ0v) is 9.46. The van der Waals surface area contributed by atoms with E-state index in [0.29, 0.717) is 10.4 Å². The Bertz CT molecular complexity index is 664. The average Bonchev–Trinajstić information content (AvgIpc) is 2.15. The van der Waals surface area contributed by atoms with Gasteiger partial charge in [-0.2, -0.15) is 8.42 Å². The summed E-state index contributed by atoms with van der Waals surface area (Å²) in [6, 6.07) is 7.26. The number of rotatable bonds is 1. The first-order valence-corrected chi connectivity index (χ1v) is 6.11. The van der Waals surface area contributed by atoms with Crippen LogP contribution < -0.4 is 0 Å². The Kier molecular flexibility index (Phi) is 2.53. The maximum Gasteiger partial charge on any atom is 0.298 e. The van der Waals surface area contributed by atoms with Gasteiger partial charge in [0.05, 0.1) is 0 Å². The number of hydrogen-bond acceptors (Lipinski definition) is 3. The van der Waals surface area contributed by atoms with Crippen molar-refractivity contribution in [3.8, 4) is 5.75 Å². The van der Waals surface area contributed by atoms with Crippen molar-refractivity contribution in [2.45, 2.75) is 4.90 Å². The highest BCUT2D eigenvalue weighted by Gasteiger charge is 2.19. The van der Waals surface area contributed by atoms with Crippen molar-refractivity contribution in [3.63, 3.8) is 0 Å². The number of hydrogen-bond donors (Lipinski definition) is 2. The van der Waals surface area contributed by atoms with Gasteiger partial charge in [0.2, 0.25) is 0 Å². The van der Waals surface area contributed by atoms with Crippen molar-refractivity contribution in [2.75, 3.05) is 0 Å². The minimum Gasteiger partial charge on any atom is -0.506 e. The molecular weight excluding hydrogens is 252 g/mol.